The van der Waals surface area contributed by atoms with Gasteiger partial charge in [0, 0.05) is 0 Å². The fraction of sp³-hybridized carbons (Fsp3) is 0. The van der Waals surface area contributed by atoms with Gasteiger partial charge in [-0.05, 0) is 1.34 Å². The molecule has 0 unspecified atom stereocenters. The van der Waals surface area contributed by atoms with Crippen molar-refractivity contribution >= 4 is 13.8 Å². The lowest BCUT2D eigenvalue weighted by atomic mass is 10.1. The molecule has 0 saturated heterocycles. The molecule has 0 bridgehead atoms. The number of carboxylic acids is 1. The number of carbonyl (C=O) groups is 1. The van der Waals surface area contributed by atoms with Crippen LogP contribution in [0.25, 0.3) is 0 Å². The van der Waals surface area contributed by atoms with Crippen molar-refractivity contribution in [2.75, 3.05) is 0 Å². The highest BCUT2D eigenvalue weighted by atomic mass is 16.4. The molecule has 0 aromatic rings. The number of hydrogen-bond donors (Lipinski definition) is 1. The van der Waals surface area contributed by atoms with E-state index in [4.69, 9.17) is 11.7 Å². The Kier molecular flexibility index (Phi) is 1.76. The van der Waals surface area contributed by atoms with Crippen molar-refractivity contribution in [3.05, 3.63) is 11.5 Å². The summed E-state index contributed by atoms with van der Waals surface area (Å²) >= 11 is 0. The van der Waals surface area contributed by atoms with Gasteiger partial charge in [0.15, 0.2) is 0 Å². The molecule has 0 aliphatic heterocycles. The summed E-state index contributed by atoms with van der Waals surface area (Å²) in [5.74, 6) is -0.229. The molecule has 0 atom stereocenters. The average Bonchev–Trinajstić information content (AvgIpc) is 1.82. The van der Waals surface area contributed by atoms with Crippen molar-refractivity contribution in [1.82, 2.24) is 0 Å². The minimum absolute atomic E-state index is 0.171. The van der Waals surface area contributed by atoms with E-state index in [0.29, 0.717) is 0 Å². The highest BCUT2D eigenvalue weighted by Crippen LogP contribution is 1.86. The Morgan fingerprint density at radius 3 is 2.88 bits per heavy atom. The van der Waals surface area contributed by atoms with E-state index in [9.17, 15) is 4.79 Å². The Labute approximate surface area is 49.0 Å². The molecule has 0 aromatic heterocycles. The first-order valence-corrected chi connectivity index (χ1v) is 1.85. The van der Waals surface area contributed by atoms with Crippen LogP contribution < -0.4 is 0 Å². The first kappa shape index (κ1) is 4.91. The Morgan fingerprint density at radius 2 is 2.75 bits per heavy atom. The van der Waals surface area contributed by atoms with Gasteiger partial charge in [-0.15, -0.1) is 0 Å². The molecule has 40 valence electrons. The number of hydrogen-bond acceptors (Lipinski definition) is 2. The van der Waals surface area contributed by atoms with Crippen LogP contribution in [0.1, 0.15) is 0 Å². The summed E-state index contributed by atoms with van der Waals surface area (Å²) in [5.41, 5.74) is -0.370. The van der Waals surface area contributed by atoms with E-state index in [-0.39, 0.29) is 13.4 Å². The molecular formula is C4H4BNO2. The lowest BCUT2D eigenvalue weighted by Gasteiger charge is -1.81. The van der Waals surface area contributed by atoms with Crippen molar-refractivity contribution < 1.29 is 9.90 Å². The Hall–Kier alpha value is -1.24. The van der Waals surface area contributed by atoms with Crippen LogP contribution in [0, 0.1) is 11.3 Å². The third-order valence-corrected chi connectivity index (χ3v) is 0.555. The third-order valence-electron chi connectivity index (χ3n) is 0.555. The van der Waals surface area contributed by atoms with Crippen molar-refractivity contribution in [1.29, 1.82) is 6.60 Å². The molecule has 0 amide bonds. The first-order valence-electron chi connectivity index (χ1n) is 2.56. The summed E-state index contributed by atoms with van der Waals surface area (Å²) in [6, 6.07) is 1.44. The molecule has 4 heteroatoms. The largest absolute Gasteiger partial charge is 0.477 e. The van der Waals surface area contributed by atoms with Crippen molar-refractivity contribution in [2.45, 2.75) is 0 Å². The van der Waals surface area contributed by atoms with Gasteiger partial charge >= 0.3 is 5.97 Å². The lowest BCUT2D eigenvalue weighted by molar-refractivity contribution is -0.132. The van der Waals surface area contributed by atoms with Crippen LogP contribution in [-0.4, -0.2) is 20.2 Å². The predicted molar refractivity (Wildman–Crippen MR) is 29.9 cm³/mol. The highest BCUT2D eigenvalue weighted by Gasteiger charge is 2.00. The molecule has 0 fully saturated rings. The van der Waals surface area contributed by atoms with Gasteiger partial charge in [0.2, 0.25) is 0 Å². The SMILES string of the molecule is [2H]B/C=C(\C#N)C(=O)O. The molecule has 0 aliphatic rings. The van der Waals surface area contributed by atoms with E-state index >= 15 is 0 Å². The summed E-state index contributed by atoms with van der Waals surface area (Å²) in [7, 11) is -0.171. The van der Waals surface area contributed by atoms with Crippen LogP contribution in [0.4, 0.5) is 0 Å². The van der Waals surface area contributed by atoms with Gasteiger partial charge in [0.25, 0.3) is 0 Å². The molecule has 0 saturated carbocycles. The minimum Gasteiger partial charge on any atom is -0.477 e. The van der Waals surface area contributed by atoms with Gasteiger partial charge < -0.3 is 5.11 Å². The average molecular weight is 110 g/mol. The van der Waals surface area contributed by atoms with Gasteiger partial charge in [0.1, 0.15) is 19.5 Å². The Morgan fingerprint density at radius 1 is 2.12 bits per heavy atom. The minimum atomic E-state index is -1.27. The monoisotopic (exact) mass is 110 g/mol. The topological polar surface area (TPSA) is 61.1 Å². The Bertz CT molecular complexity index is 183. The molecule has 0 spiro atoms. The van der Waals surface area contributed by atoms with Crippen molar-refractivity contribution in [3.8, 4) is 6.07 Å². The van der Waals surface area contributed by atoms with Crippen LogP contribution in [-0.2, 0) is 4.79 Å². The van der Waals surface area contributed by atoms with Gasteiger partial charge in [0.05, 0.1) is 0 Å². The Balaban J connectivity index is 4.20. The van der Waals surface area contributed by atoms with Crippen molar-refractivity contribution in [3.63, 3.8) is 0 Å². The van der Waals surface area contributed by atoms with E-state index in [2.05, 4.69) is 0 Å². The maximum absolute atomic E-state index is 9.95. The number of nitrogens with zero attached hydrogens (tertiary/aromatic N) is 1. The fourth-order valence-electron chi connectivity index (χ4n) is 0.181. The first-order chi connectivity index (χ1) is 4.22. The van der Waals surface area contributed by atoms with E-state index in [1.54, 1.807) is 0 Å². The molecule has 0 aliphatic carbocycles. The normalized spacial score (nSPS) is 11.4. The van der Waals surface area contributed by atoms with Gasteiger partial charge in [-0.3, -0.25) is 0 Å². The van der Waals surface area contributed by atoms with Gasteiger partial charge in [-0.1, -0.05) is 5.98 Å². The molecule has 0 radical (unpaired) electrons. The summed E-state index contributed by atoms with van der Waals surface area (Å²) < 4.78 is 6.54. The third kappa shape index (κ3) is 1.48. The smallest absolute Gasteiger partial charge is 0.345 e. The quantitative estimate of drug-likeness (QED) is 0.285. The molecule has 3 nitrogen and oxygen atoms in total. The fourth-order valence-corrected chi connectivity index (χ4v) is 0.181. The van der Waals surface area contributed by atoms with E-state index in [0.717, 1.165) is 5.98 Å². The van der Waals surface area contributed by atoms with Crippen molar-refractivity contribution in [2.24, 2.45) is 0 Å². The van der Waals surface area contributed by atoms with E-state index < -0.39 is 5.97 Å². The van der Waals surface area contributed by atoms with Gasteiger partial charge in [-0.25, -0.2) is 4.79 Å². The summed E-state index contributed by atoms with van der Waals surface area (Å²) in [5, 5.41) is 16.2. The molecule has 1 N–H and O–H groups in total. The number of aliphatic carboxylic acids is 1. The second kappa shape index (κ2) is 2.86. The van der Waals surface area contributed by atoms with E-state index in [1.165, 1.54) is 6.07 Å². The highest BCUT2D eigenvalue weighted by molar-refractivity contribution is 6.20. The number of nitriles is 1. The van der Waals surface area contributed by atoms with Crippen LogP contribution in [0.15, 0.2) is 11.5 Å². The second-order valence-electron chi connectivity index (χ2n) is 1.03. The molecule has 0 heterocycles. The number of carboxylic acid groups (broad SMARTS) is 1. The zero-order valence-electron chi connectivity index (χ0n) is 5.09. The molecule has 0 rings (SSSR count). The summed E-state index contributed by atoms with van der Waals surface area (Å²) in [4.78, 5) is 9.95. The molecule has 0 aromatic carbocycles. The maximum atomic E-state index is 9.95. The zero-order chi connectivity index (χ0) is 7.28. The predicted octanol–water partition coefficient (Wildman–Crippen LogP) is -0.888. The van der Waals surface area contributed by atoms with Crippen LogP contribution in [0.2, 0.25) is 0 Å². The molecule has 8 heavy (non-hydrogen) atoms. The van der Waals surface area contributed by atoms with Crippen LogP contribution >= 0.6 is 0 Å². The van der Waals surface area contributed by atoms with Crippen LogP contribution in [0.5, 0.6) is 0 Å². The zero-order valence-corrected chi connectivity index (χ0v) is 4.09. The number of rotatable bonds is 2. The summed E-state index contributed by atoms with van der Waals surface area (Å²) in [6.45, 7) is 0. The second-order valence-corrected chi connectivity index (χ2v) is 1.03. The molecular weight excluding hydrogens is 105 g/mol. The maximum Gasteiger partial charge on any atom is 0.345 e. The van der Waals surface area contributed by atoms with E-state index in [1.807, 2.05) is 0 Å². The van der Waals surface area contributed by atoms with Crippen LogP contribution in [0.3, 0.4) is 0 Å². The lowest BCUT2D eigenvalue weighted by Crippen LogP contribution is -1.96. The summed E-state index contributed by atoms with van der Waals surface area (Å²) in [6.07, 6.45) is 0. The van der Waals surface area contributed by atoms with Gasteiger partial charge in [-0.2, -0.15) is 5.26 Å². The standard InChI is InChI=1S/C4H4BNO2/c5-1-3(2-6)4(7)8/h1H,5H2,(H,7,8)/b3-1+/i5D.